The SMILES string of the molecule is COC(=O)c1[nH]c2ccccc2c1C(c1ccc(F)cc1)c1c(C(=O)OC)[nH]c2ccccc12. The summed E-state index contributed by atoms with van der Waals surface area (Å²) in [5, 5.41) is 1.58. The molecule has 0 aliphatic heterocycles. The zero-order chi connectivity index (χ0) is 23.8. The van der Waals surface area contributed by atoms with Gasteiger partial charge in [-0.15, -0.1) is 0 Å². The van der Waals surface area contributed by atoms with Gasteiger partial charge in [0.25, 0.3) is 0 Å². The van der Waals surface area contributed by atoms with E-state index >= 15 is 0 Å². The van der Waals surface area contributed by atoms with Gasteiger partial charge in [0.1, 0.15) is 17.2 Å². The largest absolute Gasteiger partial charge is 0.464 e. The first-order chi connectivity index (χ1) is 16.5. The Balaban J connectivity index is 1.93. The van der Waals surface area contributed by atoms with Gasteiger partial charge in [-0.05, 0) is 29.8 Å². The summed E-state index contributed by atoms with van der Waals surface area (Å²) in [5.74, 6) is -2.09. The van der Waals surface area contributed by atoms with Crippen LogP contribution in [0.1, 0.15) is 43.6 Å². The van der Waals surface area contributed by atoms with Gasteiger partial charge >= 0.3 is 11.9 Å². The van der Waals surface area contributed by atoms with Crippen molar-refractivity contribution in [3.8, 4) is 0 Å². The van der Waals surface area contributed by atoms with E-state index in [-0.39, 0.29) is 17.2 Å². The van der Waals surface area contributed by atoms with E-state index in [2.05, 4.69) is 9.97 Å². The maximum atomic E-state index is 13.9. The van der Waals surface area contributed by atoms with Gasteiger partial charge in [-0.3, -0.25) is 0 Å². The Bertz CT molecular complexity index is 1440. The molecular formula is C27H21FN2O4. The minimum absolute atomic E-state index is 0.263. The van der Waals surface area contributed by atoms with E-state index in [1.54, 1.807) is 12.1 Å². The van der Waals surface area contributed by atoms with Crippen LogP contribution in [0.25, 0.3) is 21.8 Å². The Morgan fingerprint density at radius 3 is 1.59 bits per heavy atom. The number of hydrogen-bond acceptors (Lipinski definition) is 4. The predicted molar refractivity (Wildman–Crippen MR) is 127 cm³/mol. The number of methoxy groups -OCH3 is 2. The van der Waals surface area contributed by atoms with Gasteiger partial charge in [-0.25, -0.2) is 14.0 Å². The molecule has 6 nitrogen and oxygen atoms in total. The molecular weight excluding hydrogens is 435 g/mol. The highest BCUT2D eigenvalue weighted by Crippen LogP contribution is 2.43. The van der Waals surface area contributed by atoms with Crippen molar-refractivity contribution in [3.63, 3.8) is 0 Å². The summed E-state index contributed by atoms with van der Waals surface area (Å²) in [6.45, 7) is 0. The van der Waals surface area contributed by atoms with Gasteiger partial charge in [0.05, 0.1) is 14.2 Å². The van der Waals surface area contributed by atoms with Crippen LogP contribution in [-0.4, -0.2) is 36.1 Å². The fourth-order valence-electron chi connectivity index (χ4n) is 4.59. The quantitative estimate of drug-likeness (QED) is 0.340. The van der Waals surface area contributed by atoms with Crippen LogP contribution in [0.4, 0.5) is 4.39 Å². The van der Waals surface area contributed by atoms with Gasteiger partial charge < -0.3 is 19.4 Å². The normalized spacial score (nSPS) is 11.3. The molecule has 5 aromatic rings. The van der Waals surface area contributed by atoms with Crippen LogP contribution in [0.5, 0.6) is 0 Å². The Hall–Kier alpha value is -4.39. The summed E-state index contributed by atoms with van der Waals surface area (Å²) in [7, 11) is 2.63. The van der Waals surface area contributed by atoms with Crippen LogP contribution in [-0.2, 0) is 9.47 Å². The molecule has 0 bridgehead atoms. The van der Waals surface area contributed by atoms with Crippen LogP contribution < -0.4 is 0 Å². The molecule has 0 amide bonds. The van der Waals surface area contributed by atoms with Crippen molar-refractivity contribution in [2.45, 2.75) is 5.92 Å². The number of fused-ring (bicyclic) bond motifs is 2. The molecule has 3 aromatic carbocycles. The molecule has 0 radical (unpaired) electrons. The molecule has 0 saturated carbocycles. The number of aromatic amines is 2. The van der Waals surface area contributed by atoms with Crippen LogP contribution in [0.15, 0.2) is 72.8 Å². The molecule has 0 aliphatic rings. The zero-order valence-electron chi connectivity index (χ0n) is 18.5. The lowest BCUT2D eigenvalue weighted by atomic mass is 9.82. The lowest BCUT2D eigenvalue weighted by Gasteiger charge is -2.20. The van der Waals surface area contributed by atoms with Gasteiger partial charge in [0, 0.05) is 38.9 Å². The van der Waals surface area contributed by atoms with Crippen LogP contribution in [0, 0.1) is 5.82 Å². The highest BCUT2D eigenvalue weighted by molar-refractivity contribution is 6.03. The van der Waals surface area contributed by atoms with Crippen molar-refractivity contribution in [3.05, 3.63) is 107 Å². The Labute approximate surface area is 194 Å². The summed E-state index contributed by atoms with van der Waals surface area (Å²) in [5.41, 5.74) is 3.96. The molecule has 34 heavy (non-hydrogen) atoms. The number of carbonyl (C=O) groups excluding carboxylic acids is 2. The van der Waals surface area contributed by atoms with Crippen molar-refractivity contribution in [1.82, 2.24) is 9.97 Å². The van der Waals surface area contributed by atoms with Gasteiger partial charge in [-0.1, -0.05) is 48.5 Å². The van der Waals surface area contributed by atoms with E-state index in [4.69, 9.17) is 9.47 Å². The molecule has 0 saturated heterocycles. The molecule has 2 heterocycles. The smallest absolute Gasteiger partial charge is 0.354 e. The van der Waals surface area contributed by atoms with E-state index in [9.17, 15) is 14.0 Å². The first kappa shape index (κ1) is 21.5. The number of carbonyl (C=O) groups is 2. The van der Waals surface area contributed by atoms with Crippen LogP contribution >= 0.6 is 0 Å². The molecule has 2 aromatic heterocycles. The third-order valence-electron chi connectivity index (χ3n) is 6.05. The summed E-state index contributed by atoms with van der Waals surface area (Å²) < 4.78 is 24.1. The highest BCUT2D eigenvalue weighted by atomic mass is 19.1. The summed E-state index contributed by atoms with van der Waals surface area (Å²) in [4.78, 5) is 32.1. The highest BCUT2D eigenvalue weighted by Gasteiger charge is 2.33. The first-order valence-corrected chi connectivity index (χ1v) is 10.7. The lowest BCUT2D eigenvalue weighted by molar-refractivity contribution is 0.0587. The summed E-state index contributed by atoms with van der Waals surface area (Å²) in [6, 6.07) is 21.0. The summed E-state index contributed by atoms with van der Waals surface area (Å²) in [6.07, 6.45) is 0. The molecule has 0 atom stereocenters. The molecule has 7 heteroatoms. The second-order valence-electron chi connectivity index (χ2n) is 7.89. The van der Waals surface area contributed by atoms with E-state index in [1.165, 1.54) is 26.4 Å². The fraction of sp³-hybridized carbons (Fsp3) is 0.111. The maximum absolute atomic E-state index is 13.9. The van der Waals surface area contributed by atoms with Crippen LogP contribution in [0.3, 0.4) is 0 Å². The van der Waals surface area contributed by atoms with E-state index < -0.39 is 17.9 Å². The number of hydrogen-bond donors (Lipinski definition) is 2. The Kier molecular flexibility index (Phi) is 5.37. The van der Waals surface area contributed by atoms with Gasteiger partial charge in [0.15, 0.2) is 0 Å². The van der Waals surface area contributed by atoms with E-state index in [0.717, 1.165) is 21.8 Å². The minimum atomic E-state index is -0.615. The van der Waals surface area contributed by atoms with Crippen molar-refractivity contribution in [1.29, 1.82) is 0 Å². The zero-order valence-corrected chi connectivity index (χ0v) is 18.5. The maximum Gasteiger partial charge on any atom is 0.354 e. The number of H-pyrrole nitrogens is 2. The number of nitrogens with one attached hydrogen (secondary N) is 2. The molecule has 0 spiro atoms. The fourth-order valence-corrected chi connectivity index (χ4v) is 4.59. The van der Waals surface area contributed by atoms with Gasteiger partial charge in [0.2, 0.25) is 0 Å². The molecule has 170 valence electrons. The summed E-state index contributed by atoms with van der Waals surface area (Å²) >= 11 is 0. The number of rotatable bonds is 5. The van der Waals surface area contributed by atoms with E-state index in [0.29, 0.717) is 16.7 Å². The molecule has 2 N–H and O–H groups in total. The molecule has 0 fully saturated rings. The number of halogens is 1. The standard InChI is InChI=1S/C27H21FN2O4/c1-33-26(31)24-22(17-7-3-5-9-19(17)29-24)21(15-11-13-16(28)14-12-15)23-18-8-4-6-10-20(18)30-25(23)27(32)34-2/h3-14,21,29-30H,1-2H3. The molecule has 0 unspecified atom stereocenters. The monoisotopic (exact) mass is 456 g/mol. The Morgan fingerprint density at radius 2 is 1.15 bits per heavy atom. The second kappa shape index (κ2) is 8.51. The Morgan fingerprint density at radius 1 is 0.706 bits per heavy atom. The predicted octanol–water partition coefficient (Wildman–Crippen LogP) is 5.54. The minimum Gasteiger partial charge on any atom is -0.464 e. The molecule has 5 rings (SSSR count). The lowest BCUT2D eigenvalue weighted by Crippen LogP contribution is -2.14. The topological polar surface area (TPSA) is 84.2 Å². The number of aromatic nitrogens is 2. The van der Waals surface area contributed by atoms with Crippen molar-refractivity contribution >= 4 is 33.7 Å². The number of para-hydroxylation sites is 2. The number of benzene rings is 3. The van der Waals surface area contributed by atoms with E-state index in [1.807, 2.05) is 48.5 Å². The average Bonchev–Trinajstić information content (AvgIpc) is 3.44. The third kappa shape index (κ3) is 3.42. The molecule has 0 aliphatic carbocycles. The second-order valence-corrected chi connectivity index (χ2v) is 7.89. The number of esters is 2. The number of ether oxygens (including phenoxy) is 2. The van der Waals surface area contributed by atoms with Crippen molar-refractivity contribution in [2.24, 2.45) is 0 Å². The van der Waals surface area contributed by atoms with Crippen molar-refractivity contribution < 1.29 is 23.5 Å². The first-order valence-electron chi connectivity index (χ1n) is 10.7. The van der Waals surface area contributed by atoms with Gasteiger partial charge in [-0.2, -0.15) is 0 Å². The average molecular weight is 456 g/mol. The third-order valence-corrected chi connectivity index (χ3v) is 6.05. The van der Waals surface area contributed by atoms with Crippen LogP contribution in [0.2, 0.25) is 0 Å². The van der Waals surface area contributed by atoms with Crippen molar-refractivity contribution in [2.75, 3.05) is 14.2 Å².